The highest BCUT2D eigenvalue weighted by molar-refractivity contribution is 5.95. The van der Waals surface area contributed by atoms with E-state index < -0.39 is 0 Å². The van der Waals surface area contributed by atoms with Gasteiger partial charge in [-0.05, 0) is 18.7 Å². The summed E-state index contributed by atoms with van der Waals surface area (Å²) in [6.45, 7) is 0.807. The highest BCUT2D eigenvalue weighted by Crippen LogP contribution is 2.03. The molecule has 0 aliphatic rings. The van der Waals surface area contributed by atoms with Crippen LogP contribution in [0, 0.1) is 5.41 Å². The fourth-order valence-electron chi connectivity index (χ4n) is 1.05. The van der Waals surface area contributed by atoms with E-state index in [9.17, 15) is 0 Å². The predicted molar refractivity (Wildman–Crippen MR) is 50.2 cm³/mol. The number of benzene rings is 1. The van der Waals surface area contributed by atoms with E-state index in [1.165, 1.54) is 0 Å². The second-order valence-electron chi connectivity index (χ2n) is 2.64. The molecule has 0 aliphatic heterocycles. The Morgan fingerprint density at radius 3 is 2.92 bits per heavy atom. The zero-order valence-electron chi connectivity index (χ0n) is 7.09. The van der Waals surface area contributed by atoms with Gasteiger partial charge in [-0.1, -0.05) is 18.2 Å². The molecule has 3 heteroatoms. The van der Waals surface area contributed by atoms with Gasteiger partial charge in [-0.25, -0.2) is 0 Å². The molecule has 0 heterocycles. The summed E-state index contributed by atoms with van der Waals surface area (Å²) >= 11 is 0. The van der Waals surface area contributed by atoms with Gasteiger partial charge in [0, 0.05) is 12.1 Å². The average molecular weight is 163 g/mol. The fraction of sp³-hybridized carbons (Fsp3) is 0.222. The van der Waals surface area contributed by atoms with Crippen LogP contribution in [0.3, 0.4) is 0 Å². The Hall–Kier alpha value is -1.35. The van der Waals surface area contributed by atoms with Crippen molar-refractivity contribution < 1.29 is 0 Å². The summed E-state index contributed by atoms with van der Waals surface area (Å²) in [4.78, 5) is 0. The molecule has 0 saturated heterocycles. The number of amidine groups is 1. The fourth-order valence-corrected chi connectivity index (χ4v) is 1.05. The van der Waals surface area contributed by atoms with Crippen LogP contribution in [0.15, 0.2) is 24.3 Å². The Balaban J connectivity index is 2.88. The minimum Gasteiger partial charge on any atom is -0.384 e. The molecule has 0 bridgehead atoms. The molecule has 64 valence electrons. The van der Waals surface area contributed by atoms with Gasteiger partial charge in [-0.2, -0.15) is 0 Å². The van der Waals surface area contributed by atoms with Crippen molar-refractivity contribution in [1.82, 2.24) is 5.32 Å². The lowest BCUT2D eigenvalue weighted by Gasteiger charge is -2.02. The molecule has 0 aliphatic carbocycles. The van der Waals surface area contributed by atoms with Crippen molar-refractivity contribution in [1.29, 1.82) is 5.41 Å². The van der Waals surface area contributed by atoms with E-state index >= 15 is 0 Å². The Morgan fingerprint density at radius 1 is 1.58 bits per heavy atom. The van der Waals surface area contributed by atoms with Gasteiger partial charge in [-0.15, -0.1) is 0 Å². The Bertz CT molecular complexity index is 281. The van der Waals surface area contributed by atoms with Gasteiger partial charge < -0.3 is 11.1 Å². The summed E-state index contributed by atoms with van der Waals surface area (Å²) in [5, 5.41) is 10.3. The molecule has 0 unspecified atom stereocenters. The molecule has 0 atom stereocenters. The second kappa shape index (κ2) is 3.88. The van der Waals surface area contributed by atoms with Crippen LogP contribution in [-0.2, 0) is 6.54 Å². The minimum atomic E-state index is 0.118. The smallest absolute Gasteiger partial charge is 0.122 e. The van der Waals surface area contributed by atoms with E-state index in [-0.39, 0.29) is 5.84 Å². The Morgan fingerprint density at radius 2 is 2.33 bits per heavy atom. The topological polar surface area (TPSA) is 61.9 Å². The number of nitrogen functional groups attached to an aromatic ring is 1. The largest absolute Gasteiger partial charge is 0.384 e. The van der Waals surface area contributed by atoms with Crippen LogP contribution in [0.2, 0.25) is 0 Å². The summed E-state index contributed by atoms with van der Waals surface area (Å²) in [6.07, 6.45) is 0. The first-order valence-corrected chi connectivity index (χ1v) is 3.82. The number of hydrogen-bond donors (Lipinski definition) is 3. The van der Waals surface area contributed by atoms with E-state index in [2.05, 4.69) is 5.32 Å². The molecule has 0 radical (unpaired) electrons. The maximum atomic E-state index is 7.22. The molecule has 12 heavy (non-hydrogen) atoms. The molecule has 0 amide bonds. The third kappa shape index (κ3) is 2.07. The SMILES string of the molecule is CNCc1cccc(C(=N)N)c1. The summed E-state index contributed by atoms with van der Waals surface area (Å²) in [6, 6.07) is 7.66. The third-order valence-corrected chi connectivity index (χ3v) is 1.62. The first kappa shape index (κ1) is 8.74. The van der Waals surface area contributed by atoms with Crippen molar-refractivity contribution in [2.45, 2.75) is 6.54 Å². The highest BCUT2D eigenvalue weighted by Gasteiger charge is 1.96. The Labute approximate surface area is 72.1 Å². The summed E-state index contributed by atoms with van der Waals surface area (Å²) < 4.78 is 0. The molecule has 1 aromatic carbocycles. The number of nitrogens with two attached hydrogens (primary N) is 1. The van der Waals surface area contributed by atoms with Crippen molar-refractivity contribution in [2.24, 2.45) is 5.73 Å². The van der Waals surface area contributed by atoms with Crippen molar-refractivity contribution in [3.8, 4) is 0 Å². The van der Waals surface area contributed by atoms with E-state index in [0.717, 1.165) is 17.7 Å². The summed E-state index contributed by atoms with van der Waals surface area (Å²) in [7, 11) is 1.89. The molecular weight excluding hydrogens is 150 g/mol. The van der Waals surface area contributed by atoms with Gasteiger partial charge >= 0.3 is 0 Å². The molecule has 4 N–H and O–H groups in total. The van der Waals surface area contributed by atoms with Crippen LogP contribution in [0.25, 0.3) is 0 Å². The lowest BCUT2D eigenvalue weighted by Crippen LogP contribution is -2.12. The maximum absolute atomic E-state index is 7.22. The zero-order valence-corrected chi connectivity index (χ0v) is 7.09. The highest BCUT2D eigenvalue weighted by atomic mass is 14.8. The quantitative estimate of drug-likeness (QED) is 0.453. The molecule has 1 aromatic rings. The van der Waals surface area contributed by atoms with Crippen LogP contribution in [0.1, 0.15) is 11.1 Å². The molecular formula is C9H13N3. The molecule has 0 saturated carbocycles. The normalized spacial score (nSPS) is 9.75. The summed E-state index contributed by atoms with van der Waals surface area (Å²) in [5.74, 6) is 0.118. The minimum absolute atomic E-state index is 0.118. The maximum Gasteiger partial charge on any atom is 0.122 e. The van der Waals surface area contributed by atoms with E-state index in [0.29, 0.717) is 0 Å². The molecule has 1 rings (SSSR count). The average Bonchev–Trinajstić information content (AvgIpc) is 2.05. The van der Waals surface area contributed by atoms with E-state index in [4.69, 9.17) is 11.1 Å². The van der Waals surface area contributed by atoms with Crippen molar-refractivity contribution in [3.05, 3.63) is 35.4 Å². The number of hydrogen-bond acceptors (Lipinski definition) is 2. The van der Waals surface area contributed by atoms with Crippen LogP contribution in [-0.4, -0.2) is 12.9 Å². The number of rotatable bonds is 3. The second-order valence-corrected chi connectivity index (χ2v) is 2.64. The van der Waals surface area contributed by atoms with E-state index in [1.807, 2.05) is 31.3 Å². The lowest BCUT2D eigenvalue weighted by molar-refractivity contribution is 0.817. The van der Waals surface area contributed by atoms with Gasteiger partial charge in [0.1, 0.15) is 5.84 Å². The van der Waals surface area contributed by atoms with Crippen molar-refractivity contribution in [3.63, 3.8) is 0 Å². The summed E-state index contributed by atoms with van der Waals surface area (Å²) in [5.41, 5.74) is 7.27. The number of nitrogens with one attached hydrogen (secondary N) is 2. The van der Waals surface area contributed by atoms with Gasteiger partial charge in [0.15, 0.2) is 0 Å². The van der Waals surface area contributed by atoms with E-state index in [1.54, 1.807) is 0 Å². The monoisotopic (exact) mass is 163 g/mol. The lowest BCUT2D eigenvalue weighted by atomic mass is 10.1. The van der Waals surface area contributed by atoms with Crippen LogP contribution < -0.4 is 11.1 Å². The van der Waals surface area contributed by atoms with Crippen LogP contribution >= 0.6 is 0 Å². The predicted octanol–water partition coefficient (Wildman–Crippen LogP) is 0.690. The molecule has 0 spiro atoms. The molecule has 0 aromatic heterocycles. The van der Waals surface area contributed by atoms with Crippen LogP contribution in [0.4, 0.5) is 0 Å². The van der Waals surface area contributed by atoms with Gasteiger partial charge in [0.05, 0.1) is 0 Å². The van der Waals surface area contributed by atoms with Crippen molar-refractivity contribution in [2.75, 3.05) is 7.05 Å². The third-order valence-electron chi connectivity index (χ3n) is 1.62. The molecule has 0 fully saturated rings. The Kier molecular flexibility index (Phi) is 2.82. The van der Waals surface area contributed by atoms with Crippen LogP contribution in [0.5, 0.6) is 0 Å². The van der Waals surface area contributed by atoms with Gasteiger partial charge in [0.2, 0.25) is 0 Å². The zero-order chi connectivity index (χ0) is 8.97. The first-order valence-electron chi connectivity index (χ1n) is 3.82. The van der Waals surface area contributed by atoms with Gasteiger partial charge in [0.25, 0.3) is 0 Å². The molecule has 3 nitrogen and oxygen atoms in total. The standard InChI is InChI=1S/C9H13N3/c1-12-6-7-3-2-4-8(5-7)9(10)11/h2-5,12H,6H2,1H3,(H3,10,11). The van der Waals surface area contributed by atoms with Crippen molar-refractivity contribution >= 4 is 5.84 Å². The van der Waals surface area contributed by atoms with Gasteiger partial charge in [-0.3, -0.25) is 5.41 Å². The first-order chi connectivity index (χ1) is 5.74.